The topological polar surface area (TPSA) is 35.8 Å². The van der Waals surface area contributed by atoms with Crippen LogP contribution in [0, 0.1) is 22.7 Å². The summed E-state index contributed by atoms with van der Waals surface area (Å²) in [5, 5.41) is 12.5. The Balaban J connectivity index is 3.41. The van der Waals surface area contributed by atoms with Gasteiger partial charge in [0.2, 0.25) is 0 Å². The van der Waals surface area contributed by atoms with Crippen LogP contribution in [0.15, 0.2) is 0 Å². The standard InChI is InChI=1S/C16H32N2/c1-14(2)9-8-10-15(3)18-12-7-6-11-16(4,5)13-17/h14-15,18H,6-12H2,1-5H3. The fraction of sp³-hybridized carbons (Fsp3) is 0.938. The minimum absolute atomic E-state index is 0.150. The Bertz CT molecular complexity index is 238. The third-order valence-corrected chi connectivity index (χ3v) is 3.44. The van der Waals surface area contributed by atoms with Crippen molar-refractivity contribution in [2.75, 3.05) is 6.54 Å². The van der Waals surface area contributed by atoms with E-state index in [2.05, 4.69) is 32.2 Å². The maximum atomic E-state index is 8.92. The summed E-state index contributed by atoms with van der Waals surface area (Å²) in [5.74, 6) is 0.824. The molecule has 0 heterocycles. The molecule has 0 aromatic rings. The summed E-state index contributed by atoms with van der Waals surface area (Å²) in [7, 11) is 0. The first-order valence-electron chi connectivity index (χ1n) is 7.52. The lowest BCUT2D eigenvalue weighted by Crippen LogP contribution is -2.27. The summed E-state index contributed by atoms with van der Waals surface area (Å²) in [5.41, 5.74) is -0.150. The van der Waals surface area contributed by atoms with Crippen molar-refractivity contribution in [3.63, 3.8) is 0 Å². The van der Waals surface area contributed by atoms with Gasteiger partial charge in [-0.3, -0.25) is 0 Å². The predicted molar refractivity (Wildman–Crippen MR) is 79.4 cm³/mol. The molecule has 0 spiro atoms. The number of hydrogen-bond acceptors (Lipinski definition) is 2. The third-order valence-electron chi connectivity index (χ3n) is 3.44. The minimum Gasteiger partial charge on any atom is -0.314 e. The lowest BCUT2D eigenvalue weighted by molar-refractivity contribution is 0.408. The van der Waals surface area contributed by atoms with Gasteiger partial charge in [0, 0.05) is 6.04 Å². The second-order valence-electron chi connectivity index (χ2n) is 6.63. The highest BCUT2D eigenvalue weighted by Crippen LogP contribution is 2.21. The molecule has 0 aromatic carbocycles. The van der Waals surface area contributed by atoms with Crippen LogP contribution in [0.25, 0.3) is 0 Å². The molecule has 1 unspecified atom stereocenters. The van der Waals surface area contributed by atoms with Gasteiger partial charge in [-0.1, -0.05) is 33.1 Å². The number of hydrogen-bond donors (Lipinski definition) is 1. The van der Waals surface area contributed by atoms with E-state index in [4.69, 9.17) is 5.26 Å². The van der Waals surface area contributed by atoms with Crippen molar-refractivity contribution in [3.8, 4) is 6.07 Å². The molecule has 106 valence electrons. The Labute approximate surface area is 114 Å². The van der Waals surface area contributed by atoms with Crippen LogP contribution in [-0.2, 0) is 0 Å². The highest BCUT2D eigenvalue weighted by molar-refractivity contribution is 4.91. The van der Waals surface area contributed by atoms with Gasteiger partial charge in [0.25, 0.3) is 0 Å². The molecule has 1 N–H and O–H groups in total. The van der Waals surface area contributed by atoms with E-state index < -0.39 is 0 Å². The van der Waals surface area contributed by atoms with E-state index in [1.165, 1.54) is 25.7 Å². The first-order valence-corrected chi connectivity index (χ1v) is 7.52. The van der Waals surface area contributed by atoms with E-state index in [9.17, 15) is 0 Å². The number of nitrogens with zero attached hydrogens (tertiary/aromatic N) is 1. The maximum Gasteiger partial charge on any atom is 0.0683 e. The van der Waals surface area contributed by atoms with E-state index in [0.29, 0.717) is 6.04 Å². The Morgan fingerprint density at radius 2 is 1.72 bits per heavy atom. The van der Waals surface area contributed by atoms with E-state index in [1.807, 2.05) is 13.8 Å². The van der Waals surface area contributed by atoms with Gasteiger partial charge >= 0.3 is 0 Å². The molecule has 0 aliphatic carbocycles. The van der Waals surface area contributed by atoms with Crippen LogP contribution in [0.1, 0.15) is 73.1 Å². The van der Waals surface area contributed by atoms with Crippen molar-refractivity contribution < 1.29 is 0 Å². The fourth-order valence-corrected chi connectivity index (χ4v) is 2.03. The van der Waals surface area contributed by atoms with Crippen LogP contribution in [0.4, 0.5) is 0 Å². The molecule has 0 fully saturated rings. The average molecular weight is 252 g/mol. The summed E-state index contributed by atoms with van der Waals surface area (Å²) < 4.78 is 0. The van der Waals surface area contributed by atoms with Gasteiger partial charge in [0.05, 0.1) is 11.5 Å². The highest BCUT2D eigenvalue weighted by Gasteiger charge is 2.15. The van der Waals surface area contributed by atoms with Crippen LogP contribution >= 0.6 is 0 Å². The molecule has 0 saturated heterocycles. The molecule has 2 heteroatoms. The molecule has 18 heavy (non-hydrogen) atoms. The maximum absolute atomic E-state index is 8.92. The zero-order valence-corrected chi connectivity index (χ0v) is 13.1. The molecule has 2 nitrogen and oxygen atoms in total. The lowest BCUT2D eigenvalue weighted by Gasteiger charge is -2.16. The van der Waals surface area contributed by atoms with Gasteiger partial charge in [-0.2, -0.15) is 5.26 Å². The molecule has 0 radical (unpaired) electrons. The van der Waals surface area contributed by atoms with Crippen molar-refractivity contribution in [3.05, 3.63) is 0 Å². The van der Waals surface area contributed by atoms with Crippen molar-refractivity contribution in [2.24, 2.45) is 11.3 Å². The second-order valence-corrected chi connectivity index (χ2v) is 6.63. The predicted octanol–water partition coefficient (Wildman–Crippen LogP) is 4.51. The summed E-state index contributed by atoms with van der Waals surface area (Å²) in [6.07, 6.45) is 7.27. The zero-order valence-electron chi connectivity index (χ0n) is 13.1. The molecule has 1 atom stereocenters. The van der Waals surface area contributed by atoms with Gasteiger partial charge in [-0.15, -0.1) is 0 Å². The Morgan fingerprint density at radius 3 is 2.28 bits per heavy atom. The smallest absolute Gasteiger partial charge is 0.0683 e. The summed E-state index contributed by atoms with van der Waals surface area (Å²) in [4.78, 5) is 0. The average Bonchev–Trinajstić information content (AvgIpc) is 2.28. The van der Waals surface area contributed by atoms with Gasteiger partial charge < -0.3 is 5.32 Å². The van der Waals surface area contributed by atoms with Crippen LogP contribution in [0.2, 0.25) is 0 Å². The van der Waals surface area contributed by atoms with Crippen LogP contribution in [0.5, 0.6) is 0 Å². The fourth-order valence-electron chi connectivity index (χ4n) is 2.03. The molecular formula is C16H32N2. The van der Waals surface area contributed by atoms with Crippen LogP contribution in [-0.4, -0.2) is 12.6 Å². The van der Waals surface area contributed by atoms with Crippen molar-refractivity contribution in [1.29, 1.82) is 5.26 Å². The van der Waals surface area contributed by atoms with Crippen LogP contribution in [0.3, 0.4) is 0 Å². The van der Waals surface area contributed by atoms with Gasteiger partial charge in [0.15, 0.2) is 0 Å². The second kappa shape index (κ2) is 9.39. The molecular weight excluding hydrogens is 220 g/mol. The van der Waals surface area contributed by atoms with E-state index in [-0.39, 0.29) is 5.41 Å². The first kappa shape index (κ1) is 17.4. The van der Waals surface area contributed by atoms with Crippen molar-refractivity contribution in [2.45, 2.75) is 79.2 Å². The highest BCUT2D eigenvalue weighted by atomic mass is 14.9. The van der Waals surface area contributed by atoms with E-state index >= 15 is 0 Å². The van der Waals surface area contributed by atoms with Gasteiger partial charge in [0.1, 0.15) is 0 Å². The summed E-state index contributed by atoms with van der Waals surface area (Å²) in [6, 6.07) is 2.99. The largest absolute Gasteiger partial charge is 0.314 e. The van der Waals surface area contributed by atoms with E-state index in [1.54, 1.807) is 0 Å². The van der Waals surface area contributed by atoms with Gasteiger partial charge in [-0.25, -0.2) is 0 Å². The Morgan fingerprint density at radius 1 is 1.06 bits per heavy atom. The molecule has 0 aliphatic heterocycles. The summed E-state index contributed by atoms with van der Waals surface area (Å²) in [6.45, 7) is 12.0. The Kier molecular flexibility index (Phi) is 9.10. The molecule has 0 aromatic heterocycles. The molecule has 0 bridgehead atoms. The number of rotatable bonds is 10. The number of nitriles is 1. The minimum atomic E-state index is -0.150. The van der Waals surface area contributed by atoms with Gasteiger partial charge in [-0.05, 0) is 52.5 Å². The first-order chi connectivity index (χ1) is 8.37. The molecule has 0 rings (SSSR count). The SMILES string of the molecule is CC(C)CCCC(C)NCCCCC(C)(C)C#N. The number of unbranched alkanes of at least 4 members (excludes halogenated alkanes) is 1. The quantitative estimate of drug-likeness (QED) is 0.581. The lowest BCUT2D eigenvalue weighted by atomic mass is 9.89. The zero-order chi connectivity index (χ0) is 14.0. The van der Waals surface area contributed by atoms with Crippen LogP contribution < -0.4 is 5.32 Å². The summed E-state index contributed by atoms with van der Waals surface area (Å²) >= 11 is 0. The van der Waals surface area contributed by atoms with Crippen molar-refractivity contribution in [1.82, 2.24) is 5.32 Å². The van der Waals surface area contributed by atoms with E-state index in [0.717, 1.165) is 25.3 Å². The normalized spacial score (nSPS) is 13.6. The van der Waals surface area contributed by atoms with Crippen molar-refractivity contribution >= 4 is 0 Å². The third kappa shape index (κ3) is 10.6. The molecule has 0 saturated carbocycles. The molecule has 0 aliphatic rings. The number of nitrogens with one attached hydrogen (secondary N) is 1. The molecule has 0 amide bonds. The Hall–Kier alpha value is -0.550. The monoisotopic (exact) mass is 252 g/mol.